The SMILES string of the molecule is Nc1nc(N2CCN(c3ccccn3)CC2)ncc1CO. The predicted octanol–water partition coefficient (Wildman–Crippen LogP) is 0.273. The smallest absolute Gasteiger partial charge is 0.227 e. The number of nitrogen functional groups attached to an aromatic ring is 1. The van der Waals surface area contributed by atoms with Crippen LogP contribution in [0.2, 0.25) is 0 Å². The van der Waals surface area contributed by atoms with Crippen LogP contribution in [0, 0.1) is 0 Å². The predicted molar refractivity (Wildman–Crippen MR) is 81.0 cm³/mol. The number of aliphatic hydroxyl groups is 1. The van der Waals surface area contributed by atoms with E-state index in [1.54, 1.807) is 12.4 Å². The molecule has 7 heteroatoms. The lowest BCUT2D eigenvalue weighted by Gasteiger charge is -2.35. The second kappa shape index (κ2) is 5.92. The third-order valence-corrected chi connectivity index (χ3v) is 3.59. The summed E-state index contributed by atoms with van der Waals surface area (Å²) in [6, 6.07) is 5.92. The first-order valence-corrected chi connectivity index (χ1v) is 6.91. The summed E-state index contributed by atoms with van der Waals surface area (Å²) in [4.78, 5) is 17.2. The normalized spacial score (nSPS) is 15.3. The third kappa shape index (κ3) is 2.87. The fourth-order valence-electron chi connectivity index (χ4n) is 2.36. The van der Waals surface area contributed by atoms with Gasteiger partial charge in [0.25, 0.3) is 0 Å². The molecule has 110 valence electrons. The van der Waals surface area contributed by atoms with Crippen LogP contribution < -0.4 is 15.5 Å². The summed E-state index contributed by atoms with van der Waals surface area (Å²) >= 11 is 0. The maximum Gasteiger partial charge on any atom is 0.227 e. The molecule has 0 aliphatic carbocycles. The summed E-state index contributed by atoms with van der Waals surface area (Å²) in [7, 11) is 0. The van der Waals surface area contributed by atoms with Crippen LogP contribution in [0.1, 0.15) is 5.56 Å². The van der Waals surface area contributed by atoms with Gasteiger partial charge in [-0.25, -0.2) is 9.97 Å². The second-order valence-corrected chi connectivity index (χ2v) is 4.90. The second-order valence-electron chi connectivity index (χ2n) is 4.90. The van der Waals surface area contributed by atoms with Crippen molar-refractivity contribution >= 4 is 17.6 Å². The first kappa shape index (κ1) is 13.6. The van der Waals surface area contributed by atoms with Crippen LogP contribution in [0.15, 0.2) is 30.6 Å². The molecule has 0 amide bonds. The average Bonchev–Trinajstić information content (AvgIpc) is 2.56. The molecule has 1 aliphatic heterocycles. The lowest BCUT2D eigenvalue weighted by Crippen LogP contribution is -2.47. The summed E-state index contributed by atoms with van der Waals surface area (Å²) < 4.78 is 0. The van der Waals surface area contributed by atoms with E-state index in [9.17, 15) is 0 Å². The van der Waals surface area contributed by atoms with Gasteiger partial charge in [0.05, 0.1) is 6.61 Å². The van der Waals surface area contributed by atoms with Crippen molar-refractivity contribution in [1.82, 2.24) is 15.0 Å². The molecule has 1 saturated heterocycles. The van der Waals surface area contributed by atoms with Crippen LogP contribution >= 0.6 is 0 Å². The molecule has 0 unspecified atom stereocenters. The number of nitrogens with zero attached hydrogens (tertiary/aromatic N) is 5. The van der Waals surface area contributed by atoms with Gasteiger partial charge in [0, 0.05) is 44.1 Å². The summed E-state index contributed by atoms with van der Waals surface area (Å²) in [5, 5.41) is 9.09. The van der Waals surface area contributed by atoms with Crippen LogP contribution in [0.25, 0.3) is 0 Å². The Morgan fingerprint density at radius 3 is 2.48 bits per heavy atom. The van der Waals surface area contributed by atoms with Gasteiger partial charge in [-0.3, -0.25) is 0 Å². The Labute approximate surface area is 123 Å². The van der Waals surface area contributed by atoms with Gasteiger partial charge in [-0.1, -0.05) is 6.07 Å². The minimum atomic E-state index is -0.139. The van der Waals surface area contributed by atoms with Crippen LogP contribution in [-0.4, -0.2) is 46.2 Å². The molecule has 3 N–H and O–H groups in total. The molecule has 3 heterocycles. The van der Waals surface area contributed by atoms with Gasteiger partial charge in [-0.05, 0) is 12.1 Å². The van der Waals surface area contributed by atoms with E-state index in [1.807, 2.05) is 18.2 Å². The highest BCUT2D eigenvalue weighted by molar-refractivity contribution is 5.46. The Kier molecular flexibility index (Phi) is 3.83. The van der Waals surface area contributed by atoms with E-state index in [1.165, 1.54) is 0 Å². The molecular formula is C14H18N6O. The van der Waals surface area contributed by atoms with Crippen molar-refractivity contribution < 1.29 is 5.11 Å². The molecule has 2 aromatic heterocycles. The number of aromatic nitrogens is 3. The standard InChI is InChI=1S/C14H18N6O/c15-13-11(10-21)9-17-14(18-13)20-7-5-19(6-8-20)12-3-1-2-4-16-12/h1-4,9,21H,5-8,10H2,(H2,15,17,18). The third-order valence-electron chi connectivity index (χ3n) is 3.59. The van der Waals surface area contributed by atoms with Crippen molar-refractivity contribution in [3.05, 3.63) is 36.2 Å². The molecule has 2 aromatic rings. The van der Waals surface area contributed by atoms with Gasteiger partial charge < -0.3 is 20.6 Å². The Hall–Kier alpha value is -2.41. The molecule has 0 atom stereocenters. The Balaban J connectivity index is 1.67. The minimum Gasteiger partial charge on any atom is -0.391 e. The molecule has 3 rings (SSSR count). The zero-order valence-electron chi connectivity index (χ0n) is 11.7. The van der Waals surface area contributed by atoms with E-state index in [0.717, 1.165) is 32.0 Å². The van der Waals surface area contributed by atoms with Crippen LogP contribution in [0.5, 0.6) is 0 Å². The number of pyridine rings is 1. The highest BCUT2D eigenvalue weighted by Crippen LogP contribution is 2.17. The van der Waals surface area contributed by atoms with E-state index in [4.69, 9.17) is 10.8 Å². The topological polar surface area (TPSA) is 91.4 Å². The fraction of sp³-hybridized carbons (Fsp3) is 0.357. The molecule has 0 bridgehead atoms. The zero-order valence-corrected chi connectivity index (χ0v) is 11.7. The van der Waals surface area contributed by atoms with Gasteiger partial charge >= 0.3 is 0 Å². The molecule has 21 heavy (non-hydrogen) atoms. The van der Waals surface area contributed by atoms with E-state index in [2.05, 4.69) is 24.8 Å². The fourth-order valence-corrected chi connectivity index (χ4v) is 2.36. The average molecular weight is 286 g/mol. The van der Waals surface area contributed by atoms with Gasteiger partial charge in [0.1, 0.15) is 11.6 Å². The summed E-state index contributed by atoms with van der Waals surface area (Å²) in [5.74, 6) is 1.95. The maximum atomic E-state index is 9.09. The molecule has 0 saturated carbocycles. The Morgan fingerprint density at radius 1 is 1.10 bits per heavy atom. The zero-order chi connectivity index (χ0) is 14.7. The Morgan fingerprint density at radius 2 is 1.86 bits per heavy atom. The first-order chi connectivity index (χ1) is 10.3. The van der Waals surface area contributed by atoms with Gasteiger partial charge in [-0.2, -0.15) is 4.98 Å². The van der Waals surface area contributed by atoms with Crippen molar-refractivity contribution in [1.29, 1.82) is 0 Å². The minimum absolute atomic E-state index is 0.139. The molecule has 7 nitrogen and oxygen atoms in total. The molecule has 0 spiro atoms. The summed E-state index contributed by atoms with van der Waals surface area (Å²) in [6.07, 6.45) is 3.39. The van der Waals surface area contributed by atoms with E-state index < -0.39 is 0 Å². The first-order valence-electron chi connectivity index (χ1n) is 6.91. The van der Waals surface area contributed by atoms with Crippen molar-refractivity contribution in [3.8, 4) is 0 Å². The monoisotopic (exact) mass is 286 g/mol. The van der Waals surface area contributed by atoms with Crippen LogP contribution in [0.3, 0.4) is 0 Å². The van der Waals surface area contributed by atoms with Gasteiger partial charge in [-0.15, -0.1) is 0 Å². The lowest BCUT2D eigenvalue weighted by atomic mass is 10.3. The van der Waals surface area contributed by atoms with E-state index >= 15 is 0 Å². The number of hydrogen-bond donors (Lipinski definition) is 2. The van der Waals surface area contributed by atoms with Crippen molar-refractivity contribution in [2.24, 2.45) is 0 Å². The van der Waals surface area contributed by atoms with Crippen molar-refractivity contribution in [2.45, 2.75) is 6.61 Å². The van der Waals surface area contributed by atoms with Gasteiger partial charge in [0.2, 0.25) is 5.95 Å². The van der Waals surface area contributed by atoms with Crippen LogP contribution in [0.4, 0.5) is 17.6 Å². The number of rotatable bonds is 3. The Bertz CT molecular complexity index is 598. The lowest BCUT2D eigenvalue weighted by molar-refractivity contribution is 0.281. The quantitative estimate of drug-likeness (QED) is 0.837. The number of piperazine rings is 1. The molecular weight excluding hydrogens is 268 g/mol. The molecule has 1 fully saturated rings. The number of aliphatic hydroxyl groups excluding tert-OH is 1. The highest BCUT2D eigenvalue weighted by Gasteiger charge is 2.20. The van der Waals surface area contributed by atoms with E-state index in [-0.39, 0.29) is 6.61 Å². The largest absolute Gasteiger partial charge is 0.391 e. The summed E-state index contributed by atoms with van der Waals surface area (Å²) in [6.45, 7) is 3.21. The van der Waals surface area contributed by atoms with Crippen LogP contribution in [-0.2, 0) is 6.61 Å². The van der Waals surface area contributed by atoms with Crippen molar-refractivity contribution in [2.75, 3.05) is 41.7 Å². The highest BCUT2D eigenvalue weighted by atomic mass is 16.3. The number of hydrogen-bond acceptors (Lipinski definition) is 7. The van der Waals surface area contributed by atoms with E-state index in [0.29, 0.717) is 17.3 Å². The molecule has 0 radical (unpaired) electrons. The van der Waals surface area contributed by atoms with Gasteiger partial charge in [0.15, 0.2) is 0 Å². The molecule has 0 aromatic carbocycles. The van der Waals surface area contributed by atoms with Crippen molar-refractivity contribution in [3.63, 3.8) is 0 Å². The number of anilines is 3. The maximum absolute atomic E-state index is 9.09. The number of nitrogens with two attached hydrogens (primary N) is 1. The molecule has 1 aliphatic rings. The summed E-state index contributed by atoms with van der Waals surface area (Å²) in [5.41, 5.74) is 6.36.